The monoisotopic (exact) mass is 193 g/mol. The van der Waals surface area contributed by atoms with Crippen LogP contribution in [0, 0.1) is 0 Å². The lowest BCUT2D eigenvalue weighted by atomic mass is 10.2. The van der Waals surface area contributed by atoms with E-state index >= 15 is 0 Å². The van der Waals surface area contributed by atoms with Gasteiger partial charge >= 0.3 is 13.8 Å². The summed E-state index contributed by atoms with van der Waals surface area (Å²) in [4.78, 5) is 10.3. The number of aliphatic carboxylic acids is 1. The Morgan fingerprint density at radius 1 is 1.67 bits per heavy atom. The molecule has 5 heteroatoms. The predicted molar refractivity (Wildman–Crippen MR) is 45.8 cm³/mol. The van der Waals surface area contributed by atoms with Crippen LogP contribution in [0.25, 0.3) is 0 Å². The maximum absolute atomic E-state index is 11.3. The van der Waals surface area contributed by atoms with Crippen LogP contribution >= 0.6 is 7.80 Å². The van der Waals surface area contributed by atoms with Crippen LogP contribution in [0.1, 0.15) is 19.8 Å². The molecule has 0 aromatic carbocycles. The maximum Gasteiger partial charge on any atom is 0.370 e. The van der Waals surface area contributed by atoms with Crippen molar-refractivity contribution in [1.29, 1.82) is 0 Å². The van der Waals surface area contributed by atoms with Crippen LogP contribution in [-0.2, 0) is 14.1 Å². The highest BCUT2D eigenvalue weighted by Gasteiger charge is 2.30. The lowest BCUT2D eigenvalue weighted by Crippen LogP contribution is -2.09. The molecule has 0 spiro atoms. The first kappa shape index (κ1) is 11.5. The number of carboxylic acids is 1. The fourth-order valence-electron chi connectivity index (χ4n) is 0.884. The second kappa shape index (κ2) is 6.09. The summed E-state index contributed by atoms with van der Waals surface area (Å²) in [6.45, 7) is 1.83. The maximum atomic E-state index is 11.3. The highest BCUT2D eigenvalue weighted by atomic mass is 31.1. The Kier molecular flexibility index (Phi) is 5.85. The number of hydrogen-bond acceptors (Lipinski definition) is 3. The fraction of sp³-hybridized carbons (Fsp3) is 0.857. The molecule has 4 nitrogen and oxygen atoms in total. The molecule has 0 aromatic rings. The average Bonchev–Trinajstić information content (AvgIpc) is 2.00. The van der Waals surface area contributed by atoms with Gasteiger partial charge in [-0.3, -0.25) is 4.79 Å². The zero-order valence-corrected chi connectivity index (χ0v) is 8.21. The molecule has 0 heterocycles. The Balaban J connectivity index is 3.96. The standard InChI is InChI=1S/C7H13O4P/c1-3-6(4-7(8)9)12(10)5-11-2/h6H,3-5H2,1-2H3/p+1. The molecule has 0 saturated heterocycles. The molecule has 1 N–H and O–H groups in total. The van der Waals surface area contributed by atoms with Crippen LogP contribution in [0.2, 0.25) is 0 Å². The molecule has 2 atom stereocenters. The number of rotatable bonds is 6. The molecular formula is C7H14O4P+. The van der Waals surface area contributed by atoms with Gasteiger partial charge in [0.1, 0.15) is 0 Å². The van der Waals surface area contributed by atoms with E-state index in [1.807, 2.05) is 6.92 Å². The summed E-state index contributed by atoms with van der Waals surface area (Å²) in [5.74, 6) is -0.902. The Morgan fingerprint density at radius 2 is 2.25 bits per heavy atom. The molecule has 0 aromatic heterocycles. The number of hydrogen-bond donors (Lipinski definition) is 1. The lowest BCUT2D eigenvalue weighted by molar-refractivity contribution is -0.137. The number of carbonyl (C=O) groups is 1. The van der Waals surface area contributed by atoms with Crippen molar-refractivity contribution in [2.45, 2.75) is 25.4 Å². The number of carboxylic acid groups (broad SMARTS) is 1. The first-order chi connectivity index (χ1) is 5.61. The van der Waals surface area contributed by atoms with Crippen LogP contribution in [0.3, 0.4) is 0 Å². The molecule has 0 saturated carbocycles. The van der Waals surface area contributed by atoms with E-state index in [4.69, 9.17) is 9.84 Å². The Labute approximate surface area is 72.7 Å². The summed E-state index contributed by atoms with van der Waals surface area (Å²) in [6, 6.07) is 0. The summed E-state index contributed by atoms with van der Waals surface area (Å²) < 4.78 is 16.0. The van der Waals surface area contributed by atoms with Gasteiger partial charge in [-0.2, -0.15) is 0 Å². The normalized spacial score (nSPS) is 14.0. The first-order valence-electron chi connectivity index (χ1n) is 3.76. The highest BCUT2D eigenvalue weighted by molar-refractivity contribution is 7.45. The van der Waals surface area contributed by atoms with Crippen molar-refractivity contribution >= 4 is 13.8 Å². The van der Waals surface area contributed by atoms with E-state index in [1.54, 1.807) is 0 Å². The van der Waals surface area contributed by atoms with E-state index in [9.17, 15) is 9.36 Å². The molecule has 0 radical (unpaired) electrons. The van der Waals surface area contributed by atoms with E-state index in [-0.39, 0.29) is 18.4 Å². The van der Waals surface area contributed by atoms with Crippen molar-refractivity contribution in [3.63, 3.8) is 0 Å². The third kappa shape index (κ3) is 4.42. The zero-order chi connectivity index (χ0) is 9.56. The molecule has 12 heavy (non-hydrogen) atoms. The lowest BCUT2D eigenvalue weighted by Gasteiger charge is -1.99. The molecular weight excluding hydrogens is 179 g/mol. The van der Waals surface area contributed by atoms with Crippen molar-refractivity contribution in [2.24, 2.45) is 0 Å². The second-order valence-electron chi connectivity index (χ2n) is 2.49. The van der Waals surface area contributed by atoms with Crippen LogP contribution in [0.4, 0.5) is 0 Å². The molecule has 0 bridgehead atoms. The Bertz CT molecular complexity index is 169. The fourth-order valence-corrected chi connectivity index (χ4v) is 2.12. The molecule has 0 amide bonds. The summed E-state index contributed by atoms with van der Waals surface area (Å²) >= 11 is 0. The summed E-state index contributed by atoms with van der Waals surface area (Å²) in [5, 5.41) is 8.46. The van der Waals surface area contributed by atoms with Crippen molar-refractivity contribution in [3.8, 4) is 0 Å². The van der Waals surface area contributed by atoms with E-state index < -0.39 is 13.8 Å². The minimum Gasteiger partial charge on any atom is -0.481 e. The predicted octanol–water partition coefficient (Wildman–Crippen LogP) is 1.67. The van der Waals surface area contributed by atoms with Gasteiger partial charge < -0.3 is 9.84 Å². The summed E-state index contributed by atoms with van der Waals surface area (Å²) in [7, 11) is -0.0707. The van der Waals surface area contributed by atoms with Crippen LogP contribution in [0.15, 0.2) is 0 Å². The van der Waals surface area contributed by atoms with Gasteiger partial charge in [0.25, 0.3) is 0 Å². The van der Waals surface area contributed by atoms with Gasteiger partial charge in [0.15, 0.2) is 5.66 Å². The van der Waals surface area contributed by atoms with E-state index in [0.29, 0.717) is 6.42 Å². The zero-order valence-electron chi connectivity index (χ0n) is 7.32. The first-order valence-corrected chi connectivity index (χ1v) is 5.27. The summed E-state index contributed by atoms with van der Waals surface area (Å²) in [6.07, 6.45) is 0.737. The third-order valence-corrected chi connectivity index (χ3v) is 3.42. The Hall–Kier alpha value is -0.470. The van der Waals surface area contributed by atoms with Crippen molar-refractivity contribution in [2.75, 3.05) is 13.5 Å². The van der Waals surface area contributed by atoms with Crippen LogP contribution in [-0.4, -0.2) is 30.2 Å². The van der Waals surface area contributed by atoms with Gasteiger partial charge in [0.05, 0.1) is 6.42 Å². The van der Waals surface area contributed by atoms with Crippen molar-refractivity contribution in [3.05, 3.63) is 0 Å². The summed E-state index contributed by atoms with van der Waals surface area (Å²) in [5.41, 5.74) is -0.252. The smallest absolute Gasteiger partial charge is 0.370 e. The quantitative estimate of drug-likeness (QED) is 0.651. The van der Waals surface area contributed by atoms with Crippen LogP contribution in [0.5, 0.6) is 0 Å². The molecule has 0 aliphatic heterocycles. The highest BCUT2D eigenvalue weighted by Crippen LogP contribution is 2.32. The van der Waals surface area contributed by atoms with E-state index in [2.05, 4.69) is 0 Å². The van der Waals surface area contributed by atoms with Crippen LogP contribution < -0.4 is 0 Å². The molecule has 70 valence electrons. The van der Waals surface area contributed by atoms with Gasteiger partial charge in [-0.25, -0.2) is 0 Å². The van der Waals surface area contributed by atoms with Gasteiger partial charge in [-0.15, -0.1) is 0 Å². The minimum atomic E-state index is -1.53. The van der Waals surface area contributed by atoms with Crippen molar-refractivity contribution in [1.82, 2.24) is 0 Å². The Morgan fingerprint density at radius 3 is 2.58 bits per heavy atom. The average molecular weight is 193 g/mol. The SMILES string of the molecule is CCC(CC(=O)O)[P+](=O)COC. The number of ether oxygens (including phenoxy) is 1. The van der Waals surface area contributed by atoms with Gasteiger partial charge in [-0.1, -0.05) is 11.5 Å². The van der Waals surface area contributed by atoms with E-state index in [1.165, 1.54) is 7.11 Å². The van der Waals surface area contributed by atoms with Gasteiger partial charge in [0, 0.05) is 7.11 Å². The molecule has 0 fully saturated rings. The molecule has 2 unspecified atom stereocenters. The second-order valence-corrected chi connectivity index (χ2v) is 4.32. The van der Waals surface area contributed by atoms with Gasteiger partial charge in [-0.05, 0) is 6.42 Å². The number of methoxy groups -OCH3 is 1. The topological polar surface area (TPSA) is 63.6 Å². The molecule has 0 rings (SSSR count). The third-order valence-electron chi connectivity index (χ3n) is 1.55. The molecule has 0 aliphatic rings. The molecule has 0 aliphatic carbocycles. The van der Waals surface area contributed by atoms with Crippen molar-refractivity contribution < 1.29 is 19.2 Å². The largest absolute Gasteiger partial charge is 0.481 e. The minimum absolute atomic E-state index is 0.0327. The van der Waals surface area contributed by atoms with Gasteiger partial charge in [0.2, 0.25) is 6.35 Å². The van der Waals surface area contributed by atoms with E-state index in [0.717, 1.165) is 0 Å².